The van der Waals surface area contributed by atoms with E-state index >= 15 is 0 Å². The summed E-state index contributed by atoms with van der Waals surface area (Å²) in [7, 11) is 3.13. The van der Waals surface area contributed by atoms with Crippen molar-refractivity contribution in [1.29, 1.82) is 0 Å². The van der Waals surface area contributed by atoms with Crippen LogP contribution < -0.4 is 20.3 Å². The normalized spacial score (nSPS) is 16.9. The number of carbonyl (C=O) groups excluding carboxylic acids is 1. The minimum absolute atomic E-state index is 0.0424. The fourth-order valence-electron chi connectivity index (χ4n) is 4.64. The molecule has 0 amide bonds. The zero-order valence-corrected chi connectivity index (χ0v) is 20.9. The topological polar surface area (TPSA) is 93.3 Å². The maximum Gasteiger partial charge on any atom is 0.257 e. The molecule has 0 saturated carbocycles. The Hall–Kier alpha value is -3.23. The third-order valence-electron chi connectivity index (χ3n) is 6.30. The number of H-pyrrole nitrogens is 1. The van der Waals surface area contributed by atoms with E-state index < -0.39 is 5.92 Å². The zero-order chi connectivity index (χ0) is 24.5. The van der Waals surface area contributed by atoms with Crippen LogP contribution in [0.15, 0.2) is 63.7 Å². The van der Waals surface area contributed by atoms with E-state index in [0.717, 1.165) is 29.7 Å². The fraction of sp³-hybridized carbons (Fsp3) is 0.269. The summed E-state index contributed by atoms with van der Waals surface area (Å²) >= 11 is 7.69. The molecule has 2 aliphatic rings. The highest BCUT2D eigenvalue weighted by atomic mass is 35.5. The average Bonchev–Trinajstić information content (AvgIpc) is 2.86. The molecule has 180 valence electrons. The zero-order valence-electron chi connectivity index (χ0n) is 19.3. The third-order valence-corrected chi connectivity index (χ3v) is 7.59. The van der Waals surface area contributed by atoms with E-state index in [1.807, 2.05) is 36.4 Å². The minimum atomic E-state index is -0.548. The summed E-state index contributed by atoms with van der Waals surface area (Å²) in [6.07, 6.45) is 1.94. The molecule has 1 aliphatic heterocycles. The van der Waals surface area contributed by atoms with E-state index in [1.165, 1.54) is 11.8 Å². The molecule has 1 unspecified atom stereocenters. The average molecular weight is 510 g/mol. The Morgan fingerprint density at radius 3 is 2.66 bits per heavy atom. The molecule has 3 aromatic rings. The monoisotopic (exact) mass is 509 g/mol. The molecule has 0 radical (unpaired) electrons. The molecule has 0 bridgehead atoms. The van der Waals surface area contributed by atoms with Gasteiger partial charge in [-0.3, -0.25) is 9.59 Å². The Labute approximate surface area is 211 Å². The minimum Gasteiger partial charge on any atom is -0.493 e. The number of halogens is 1. The number of aromatic nitrogens is 2. The number of rotatable bonds is 6. The van der Waals surface area contributed by atoms with Crippen LogP contribution in [0.2, 0.25) is 5.02 Å². The van der Waals surface area contributed by atoms with Gasteiger partial charge in [0, 0.05) is 34.4 Å². The summed E-state index contributed by atoms with van der Waals surface area (Å²) in [5.41, 5.74) is 3.33. The number of nitrogens with zero attached hydrogens (tertiary/aromatic N) is 1. The van der Waals surface area contributed by atoms with Crippen LogP contribution in [0.5, 0.6) is 11.5 Å². The Morgan fingerprint density at radius 2 is 1.89 bits per heavy atom. The first-order valence-electron chi connectivity index (χ1n) is 11.3. The number of aromatic amines is 1. The van der Waals surface area contributed by atoms with E-state index in [9.17, 15) is 9.59 Å². The molecule has 2 heterocycles. The van der Waals surface area contributed by atoms with E-state index in [-0.39, 0.29) is 11.3 Å². The van der Waals surface area contributed by atoms with Gasteiger partial charge in [0.15, 0.2) is 22.4 Å². The van der Waals surface area contributed by atoms with E-state index in [4.69, 9.17) is 26.1 Å². The van der Waals surface area contributed by atoms with E-state index in [1.54, 1.807) is 20.3 Å². The largest absolute Gasteiger partial charge is 0.493 e. The van der Waals surface area contributed by atoms with Gasteiger partial charge in [0.1, 0.15) is 5.82 Å². The number of carbonyl (C=O) groups is 1. The first-order chi connectivity index (χ1) is 17.0. The molecule has 9 heteroatoms. The van der Waals surface area contributed by atoms with Gasteiger partial charge in [0.2, 0.25) is 0 Å². The van der Waals surface area contributed by atoms with Crippen LogP contribution in [0, 0.1) is 0 Å². The van der Waals surface area contributed by atoms with Crippen molar-refractivity contribution in [2.75, 3.05) is 19.5 Å². The number of ketones is 1. The van der Waals surface area contributed by atoms with Gasteiger partial charge in [0.25, 0.3) is 5.56 Å². The Morgan fingerprint density at radius 1 is 1.09 bits per heavy atom. The highest BCUT2D eigenvalue weighted by molar-refractivity contribution is 7.98. The quantitative estimate of drug-likeness (QED) is 0.344. The van der Waals surface area contributed by atoms with Gasteiger partial charge < -0.3 is 19.8 Å². The highest BCUT2D eigenvalue weighted by Crippen LogP contribution is 2.45. The Bertz CT molecular complexity index is 1400. The van der Waals surface area contributed by atoms with E-state index in [2.05, 4.69) is 10.3 Å². The molecule has 0 saturated heterocycles. The number of ether oxygens (including phenoxy) is 2. The number of hydrogen-bond donors (Lipinski definition) is 2. The van der Waals surface area contributed by atoms with Gasteiger partial charge in [0.05, 0.1) is 19.8 Å². The second-order valence-electron chi connectivity index (χ2n) is 8.35. The standard InChI is InChI=1S/C26H24ClN3O4S/c1-33-19-11-10-14(12-20(19)34-2)21-22-17(8-5-9-18(22)31)28-24-23(21)25(32)30-26(29-24)35-13-15-6-3-4-7-16(15)27/h3-4,6-7,10-12,21H,5,8-9,13H2,1-2H3,(H2,28,29,30,32). The summed E-state index contributed by atoms with van der Waals surface area (Å²) in [6, 6.07) is 13.1. The molecule has 0 spiro atoms. The van der Waals surface area contributed by atoms with Crippen molar-refractivity contribution < 1.29 is 14.3 Å². The number of thioether (sulfide) groups is 1. The molecule has 1 atom stereocenters. The molecule has 35 heavy (non-hydrogen) atoms. The van der Waals surface area contributed by atoms with Crippen LogP contribution in [0.25, 0.3) is 0 Å². The lowest BCUT2D eigenvalue weighted by Crippen LogP contribution is -2.32. The molecular formula is C26H24ClN3O4S. The van der Waals surface area contributed by atoms with Crippen LogP contribution in [0.4, 0.5) is 5.82 Å². The smallest absolute Gasteiger partial charge is 0.257 e. The van der Waals surface area contributed by atoms with Gasteiger partial charge >= 0.3 is 0 Å². The highest BCUT2D eigenvalue weighted by Gasteiger charge is 2.38. The molecule has 2 aromatic carbocycles. The van der Waals surface area contributed by atoms with Crippen LogP contribution >= 0.6 is 23.4 Å². The molecule has 0 fully saturated rings. The summed E-state index contributed by atoms with van der Waals surface area (Å²) < 4.78 is 10.9. The number of benzene rings is 2. The number of anilines is 1. The SMILES string of the molecule is COc1ccc(C2C3=C(CCCC3=O)Nc3nc(SCc4ccccc4Cl)[nH]c(=O)c32)cc1OC. The van der Waals surface area contributed by atoms with Crippen molar-refractivity contribution in [1.82, 2.24) is 9.97 Å². The van der Waals surface area contributed by atoms with Crippen molar-refractivity contribution in [3.63, 3.8) is 0 Å². The fourth-order valence-corrected chi connectivity index (χ4v) is 5.78. The maximum absolute atomic E-state index is 13.4. The third kappa shape index (κ3) is 4.44. The number of allylic oxidation sites excluding steroid dienone is 2. The number of Topliss-reactive ketones (excluding diaryl/α,β-unsaturated/α-hetero) is 1. The summed E-state index contributed by atoms with van der Waals surface area (Å²) in [6.45, 7) is 0. The number of nitrogens with one attached hydrogen (secondary N) is 2. The second kappa shape index (κ2) is 9.79. The van der Waals surface area contributed by atoms with Crippen molar-refractivity contribution in [3.8, 4) is 11.5 Å². The lowest BCUT2D eigenvalue weighted by atomic mass is 9.76. The lowest BCUT2D eigenvalue weighted by molar-refractivity contribution is -0.116. The number of hydrogen-bond acceptors (Lipinski definition) is 7. The van der Waals surface area contributed by atoms with Crippen LogP contribution in [0.1, 0.15) is 41.9 Å². The van der Waals surface area contributed by atoms with Gasteiger partial charge in [-0.2, -0.15) is 0 Å². The predicted molar refractivity (Wildman–Crippen MR) is 137 cm³/mol. The lowest BCUT2D eigenvalue weighted by Gasteiger charge is -2.33. The van der Waals surface area contributed by atoms with Crippen LogP contribution in [-0.4, -0.2) is 30.0 Å². The Balaban J connectivity index is 1.59. The predicted octanol–water partition coefficient (Wildman–Crippen LogP) is 5.30. The van der Waals surface area contributed by atoms with Crippen molar-refractivity contribution in [2.24, 2.45) is 0 Å². The van der Waals surface area contributed by atoms with Crippen molar-refractivity contribution >= 4 is 35.0 Å². The molecule has 7 nitrogen and oxygen atoms in total. The maximum atomic E-state index is 13.4. The summed E-state index contributed by atoms with van der Waals surface area (Å²) in [4.78, 5) is 34.2. The molecule has 2 N–H and O–H groups in total. The van der Waals surface area contributed by atoms with Gasteiger partial charge in [-0.15, -0.1) is 0 Å². The molecule has 5 rings (SSSR count). The van der Waals surface area contributed by atoms with Crippen molar-refractivity contribution in [3.05, 3.63) is 85.8 Å². The van der Waals surface area contributed by atoms with Gasteiger partial charge in [-0.1, -0.05) is 47.6 Å². The summed E-state index contributed by atoms with van der Waals surface area (Å²) in [5, 5.41) is 4.46. The molecule has 1 aliphatic carbocycles. The van der Waals surface area contributed by atoms with Crippen molar-refractivity contribution in [2.45, 2.75) is 36.1 Å². The summed E-state index contributed by atoms with van der Waals surface area (Å²) in [5.74, 6) is 1.64. The Kier molecular flexibility index (Phi) is 6.58. The van der Waals surface area contributed by atoms with Gasteiger partial charge in [-0.25, -0.2) is 4.98 Å². The first-order valence-corrected chi connectivity index (χ1v) is 12.6. The molecular weight excluding hydrogens is 486 g/mol. The van der Waals surface area contributed by atoms with Crippen LogP contribution in [-0.2, 0) is 10.5 Å². The molecule has 1 aromatic heterocycles. The first kappa shape index (κ1) is 23.5. The van der Waals surface area contributed by atoms with E-state index in [0.29, 0.717) is 50.8 Å². The van der Waals surface area contributed by atoms with Gasteiger partial charge in [-0.05, 0) is 42.2 Å². The van der Waals surface area contributed by atoms with Crippen LogP contribution in [0.3, 0.4) is 0 Å². The number of methoxy groups -OCH3 is 2. The second-order valence-corrected chi connectivity index (χ2v) is 9.73. The number of fused-ring (bicyclic) bond motifs is 1.